The fourth-order valence-corrected chi connectivity index (χ4v) is 3.95. The highest BCUT2D eigenvalue weighted by Gasteiger charge is 2.62. The van der Waals surface area contributed by atoms with Crippen LogP contribution in [0.4, 0.5) is 0 Å². The second-order valence-corrected chi connectivity index (χ2v) is 5.06. The summed E-state index contributed by atoms with van der Waals surface area (Å²) in [7, 11) is 0. The fraction of sp³-hybridized carbons (Fsp3) is 0.818. The van der Waals surface area contributed by atoms with Crippen molar-refractivity contribution in [1.29, 1.82) is 0 Å². The molecule has 2 nitrogen and oxygen atoms in total. The number of aliphatic hydroxyl groups is 1. The highest BCUT2D eigenvalue weighted by molar-refractivity contribution is 5.20. The van der Waals surface area contributed by atoms with Crippen LogP contribution in [-0.2, 0) is 4.74 Å². The van der Waals surface area contributed by atoms with Gasteiger partial charge in [-0.15, -0.1) is 0 Å². The fourth-order valence-electron chi connectivity index (χ4n) is 3.95. The summed E-state index contributed by atoms with van der Waals surface area (Å²) in [6.45, 7) is 0. The smallest absolute Gasteiger partial charge is 0.110 e. The van der Waals surface area contributed by atoms with Crippen molar-refractivity contribution < 1.29 is 9.84 Å². The number of ether oxygens (including phenoxy) is 1. The maximum atomic E-state index is 9.75. The van der Waals surface area contributed by atoms with E-state index in [1.54, 1.807) is 0 Å². The largest absolute Gasteiger partial charge is 0.390 e. The predicted molar refractivity (Wildman–Crippen MR) is 47.0 cm³/mol. The number of aliphatic hydroxyl groups excluding tert-OH is 1. The third kappa shape index (κ3) is 0.728. The molecule has 1 heterocycles. The number of hydrogen-bond acceptors (Lipinski definition) is 2. The van der Waals surface area contributed by atoms with Gasteiger partial charge in [-0.25, -0.2) is 0 Å². The van der Waals surface area contributed by atoms with E-state index in [9.17, 15) is 5.11 Å². The molecular formula is C11H14O2. The summed E-state index contributed by atoms with van der Waals surface area (Å²) < 4.78 is 5.57. The van der Waals surface area contributed by atoms with Gasteiger partial charge in [-0.2, -0.15) is 0 Å². The Morgan fingerprint density at radius 2 is 1.92 bits per heavy atom. The lowest BCUT2D eigenvalue weighted by molar-refractivity contribution is 0.0845. The zero-order chi connectivity index (χ0) is 8.58. The molecule has 7 atom stereocenters. The quantitative estimate of drug-likeness (QED) is 0.442. The van der Waals surface area contributed by atoms with Crippen molar-refractivity contribution in [1.82, 2.24) is 0 Å². The van der Waals surface area contributed by atoms with Crippen molar-refractivity contribution in [2.45, 2.75) is 31.2 Å². The Balaban J connectivity index is 1.73. The minimum Gasteiger partial charge on any atom is -0.390 e. The zero-order valence-electron chi connectivity index (χ0n) is 7.47. The van der Waals surface area contributed by atoms with Gasteiger partial charge in [0.1, 0.15) is 6.10 Å². The van der Waals surface area contributed by atoms with Crippen LogP contribution in [0.1, 0.15) is 12.8 Å². The van der Waals surface area contributed by atoms with Crippen LogP contribution in [-0.4, -0.2) is 23.4 Å². The molecule has 1 N–H and O–H groups in total. The van der Waals surface area contributed by atoms with Gasteiger partial charge in [0.25, 0.3) is 0 Å². The van der Waals surface area contributed by atoms with E-state index in [0.29, 0.717) is 6.10 Å². The van der Waals surface area contributed by atoms with E-state index in [1.165, 1.54) is 6.42 Å². The van der Waals surface area contributed by atoms with Gasteiger partial charge in [0.05, 0.1) is 12.2 Å². The van der Waals surface area contributed by atoms with Crippen LogP contribution in [0.25, 0.3) is 0 Å². The van der Waals surface area contributed by atoms with Gasteiger partial charge < -0.3 is 9.84 Å². The second-order valence-electron chi connectivity index (χ2n) is 5.06. The van der Waals surface area contributed by atoms with Crippen LogP contribution < -0.4 is 0 Å². The first-order chi connectivity index (χ1) is 6.34. The van der Waals surface area contributed by atoms with E-state index >= 15 is 0 Å². The van der Waals surface area contributed by atoms with Crippen molar-refractivity contribution in [2.24, 2.45) is 23.7 Å². The maximum absolute atomic E-state index is 9.75. The zero-order valence-corrected chi connectivity index (χ0v) is 7.47. The van der Waals surface area contributed by atoms with Crippen LogP contribution in [0, 0.1) is 23.7 Å². The summed E-state index contributed by atoms with van der Waals surface area (Å²) in [5, 5.41) is 9.75. The monoisotopic (exact) mass is 178 g/mol. The van der Waals surface area contributed by atoms with Gasteiger partial charge in [0, 0.05) is 0 Å². The first kappa shape index (κ1) is 7.02. The lowest BCUT2D eigenvalue weighted by Crippen LogP contribution is -2.37. The third-order valence-corrected chi connectivity index (χ3v) is 4.52. The Bertz CT molecular complexity index is 286. The Labute approximate surface area is 77.6 Å². The summed E-state index contributed by atoms with van der Waals surface area (Å²) in [6.07, 6.45) is 7.50. The average molecular weight is 178 g/mol. The Morgan fingerprint density at radius 3 is 2.85 bits per heavy atom. The first-order valence-corrected chi connectivity index (χ1v) is 5.36. The number of fused-ring (bicyclic) bond motifs is 7. The van der Waals surface area contributed by atoms with Crippen LogP contribution in [0.15, 0.2) is 12.2 Å². The molecule has 2 saturated carbocycles. The van der Waals surface area contributed by atoms with Crippen LogP contribution in [0.2, 0.25) is 0 Å². The lowest BCUT2D eigenvalue weighted by Gasteiger charge is -2.31. The topological polar surface area (TPSA) is 32.8 Å². The van der Waals surface area contributed by atoms with Crippen LogP contribution in [0.3, 0.4) is 0 Å². The molecule has 1 aliphatic heterocycles. The molecule has 0 radical (unpaired) electrons. The van der Waals surface area contributed by atoms with Crippen molar-refractivity contribution in [3.63, 3.8) is 0 Å². The molecule has 0 spiro atoms. The van der Waals surface area contributed by atoms with E-state index in [0.717, 1.165) is 30.1 Å². The van der Waals surface area contributed by atoms with Gasteiger partial charge >= 0.3 is 0 Å². The highest BCUT2D eigenvalue weighted by atomic mass is 16.6. The molecular weight excluding hydrogens is 164 g/mol. The first-order valence-electron chi connectivity index (χ1n) is 5.36. The van der Waals surface area contributed by atoms with E-state index in [2.05, 4.69) is 12.2 Å². The van der Waals surface area contributed by atoms with Crippen molar-refractivity contribution in [3.8, 4) is 0 Å². The lowest BCUT2D eigenvalue weighted by atomic mass is 9.72. The summed E-state index contributed by atoms with van der Waals surface area (Å²) >= 11 is 0. The normalized spacial score (nSPS) is 66.4. The average Bonchev–Trinajstić information content (AvgIpc) is 2.68. The number of allylic oxidation sites excluding steroid dienone is 2. The second kappa shape index (κ2) is 2.01. The number of epoxide rings is 1. The molecule has 2 bridgehead atoms. The van der Waals surface area contributed by atoms with E-state index in [-0.39, 0.29) is 12.2 Å². The minimum absolute atomic E-state index is 0.168. The van der Waals surface area contributed by atoms with Gasteiger partial charge in [-0.05, 0) is 36.5 Å². The Morgan fingerprint density at radius 1 is 1.08 bits per heavy atom. The molecule has 13 heavy (non-hydrogen) atoms. The van der Waals surface area contributed by atoms with Crippen LogP contribution >= 0.6 is 0 Å². The molecule has 0 aromatic rings. The molecule has 0 amide bonds. The molecule has 0 unspecified atom stereocenters. The predicted octanol–water partition coefficient (Wildman–Crippen LogP) is 0.957. The molecule has 4 rings (SSSR count). The summed E-state index contributed by atoms with van der Waals surface area (Å²) in [4.78, 5) is 0. The highest BCUT2D eigenvalue weighted by Crippen LogP contribution is 2.59. The molecule has 2 heteroatoms. The molecule has 3 fully saturated rings. The molecule has 0 aromatic heterocycles. The molecule has 3 aliphatic carbocycles. The molecule has 0 aromatic carbocycles. The third-order valence-electron chi connectivity index (χ3n) is 4.52. The summed E-state index contributed by atoms with van der Waals surface area (Å²) in [6, 6.07) is 0. The Hall–Kier alpha value is -0.340. The maximum Gasteiger partial charge on any atom is 0.110 e. The van der Waals surface area contributed by atoms with E-state index < -0.39 is 0 Å². The van der Waals surface area contributed by atoms with Crippen LogP contribution in [0.5, 0.6) is 0 Å². The number of hydrogen-bond donors (Lipinski definition) is 1. The summed E-state index contributed by atoms with van der Waals surface area (Å²) in [5.74, 6) is 3.02. The molecule has 1 saturated heterocycles. The SMILES string of the molecule is O[C@H]1C[C@H]2[C@@H]([C@@H]3O[C@@H]31)[C@H]1C=C[C@@H]2C1. The Kier molecular flexibility index (Phi) is 1.09. The minimum atomic E-state index is -0.168. The van der Waals surface area contributed by atoms with Crippen molar-refractivity contribution in [3.05, 3.63) is 12.2 Å². The molecule has 4 aliphatic rings. The molecule has 70 valence electrons. The van der Waals surface area contributed by atoms with E-state index in [4.69, 9.17) is 4.74 Å². The van der Waals surface area contributed by atoms with Gasteiger partial charge in [0.15, 0.2) is 0 Å². The van der Waals surface area contributed by atoms with Crippen molar-refractivity contribution >= 4 is 0 Å². The number of rotatable bonds is 0. The van der Waals surface area contributed by atoms with Gasteiger partial charge in [0.2, 0.25) is 0 Å². The van der Waals surface area contributed by atoms with Gasteiger partial charge in [-0.1, -0.05) is 12.2 Å². The van der Waals surface area contributed by atoms with E-state index in [1.807, 2.05) is 0 Å². The van der Waals surface area contributed by atoms with Crippen molar-refractivity contribution in [2.75, 3.05) is 0 Å². The van der Waals surface area contributed by atoms with Gasteiger partial charge in [-0.3, -0.25) is 0 Å². The summed E-state index contributed by atoms with van der Waals surface area (Å²) in [5.41, 5.74) is 0. The standard InChI is InChI=1S/C11H14O2/c12-8-4-7-5-1-2-6(3-5)9(7)11-10(8)13-11/h1-2,5-12H,3-4H2/t5-,6+,7-,8+,9+,10-,11+/m1/s1.